The van der Waals surface area contributed by atoms with Gasteiger partial charge in [0.25, 0.3) is 0 Å². The van der Waals surface area contributed by atoms with Crippen molar-refractivity contribution >= 4 is 16.7 Å². The molecule has 4 nitrogen and oxygen atoms in total. The summed E-state index contributed by atoms with van der Waals surface area (Å²) in [7, 11) is 0. The number of hydrogen-bond acceptors (Lipinski definition) is 3. The molecule has 0 bridgehead atoms. The number of carboxylic acid groups (broad SMARTS) is 1. The number of aliphatic carboxylic acids is 1. The van der Waals surface area contributed by atoms with Crippen LogP contribution in [0.4, 0.5) is 0 Å². The van der Waals surface area contributed by atoms with E-state index in [1.165, 1.54) is 0 Å². The van der Waals surface area contributed by atoms with E-state index >= 15 is 0 Å². The third-order valence-electron chi connectivity index (χ3n) is 2.67. The van der Waals surface area contributed by atoms with Crippen LogP contribution in [0.3, 0.4) is 0 Å². The number of terminal acetylenes is 1. The molecule has 1 heterocycles. The van der Waals surface area contributed by atoms with Crippen LogP contribution in [-0.4, -0.2) is 22.6 Å². The summed E-state index contributed by atoms with van der Waals surface area (Å²) in [6.45, 7) is 0.195. The van der Waals surface area contributed by atoms with Gasteiger partial charge >= 0.3 is 5.97 Å². The van der Waals surface area contributed by atoms with Crippen LogP contribution in [0, 0.1) is 12.3 Å². The summed E-state index contributed by atoms with van der Waals surface area (Å²) in [5.74, 6) is 1.41. The Hall–Kier alpha value is -2.38. The van der Waals surface area contributed by atoms with Crippen LogP contribution in [0.2, 0.25) is 0 Å². The summed E-state index contributed by atoms with van der Waals surface area (Å²) in [5.41, 5.74) is 0.621. The van der Waals surface area contributed by atoms with Gasteiger partial charge in [0.15, 0.2) is 0 Å². The van der Waals surface area contributed by atoms with Crippen LogP contribution in [0.5, 0.6) is 0 Å². The molecule has 1 unspecified atom stereocenters. The van der Waals surface area contributed by atoms with Crippen molar-refractivity contribution in [2.24, 2.45) is 0 Å². The fraction of sp³-hybridized carbons (Fsp3) is 0.143. The minimum atomic E-state index is -0.969. The van der Waals surface area contributed by atoms with Crippen molar-refractivity contribution in [1.29, 1.82) is 0 Å². The maximum absolute atomic E-state index is 11.3. The van der Waals surface area contributed by atoms with Crippen LogP contribution in [0.25, 0.3) is 10.8 Å². The number of benzene rings is 1. The van der Waals surface area contributed by atoms with Crippen molar-refractivity contribution in [3.63, 3.8) is 0 Å². The van der Waals surface area contributed by atoms with Gasteiger partial charge < -0.3 is 5.11 Å². The molecular formula is C14H12N2O2. The fourth-order valence-corrected chi connectivity index (χ4v) is 1.86. The molecule has 0 fully saturated rings. The summed E-state index contributed by atoms with van der Waals surface area (Å²) in [6.07, 6.45) is 8.41. The number of carbonyl (C=O) groups is 1. The SMILES string of the molecule is C#CCNC(C(=O)O)c1cncc2ccccc12. The number of nitrogens with one attached hydrogen (secondary N) is 1. The molecule has 18 heavy (non-hydrogen) atoms. The monoisotopic (exact) mass is 240 g/mol. The molecule has 0 amide bonds. The zero-order valence-corrected chi connectivity index (χ0v) is 9.63. The molecule has 90 valence electrons. The Balaban J connectivity index is 2.50. The number of hydrogen-bond donors (Lipinski definition) is 2. The normalized spacial score (nSPS) is 11.9. The molecule has 0 saturated heterocycles. The molecule has 1 aromatic carbocycles. The van der Waals surface area contributed by atoms with Crippen molar-refractivity contribution in [3.05, 3.63) is 42.2 Å². The number of nitrogens with zero attached hydrogens (tertiary/aromatic N) is 1. The van der Waals surface area contributed by atoms with E-state index in [1.807, 2.05) is 24.3 Å². The second-order valence-electron chi connectivity index (χ2n) is 3.81. The Kier molecular flexibility index (Phi) is 3.56. The minimum Gasteiger partial charge on any atom is -0.480 e. The Morgan fingerprint density at radius 3 is 2.94 bits per heavy atom. The molecule has 0 spiro atoms. The van der Waals surface area contributed by atoms with E-state index in [0.717, 1.165) is 10.8 Å². The van der Waals surface area contributed by atoms with Crippen LogP contribution in [0.15, 0.2) is 36.7 Å². The molecular weight excluding hydrogens is 228 g/mol. The van der Waals surface area contributed by atoms with Gasteiger partial charge in [-0.05, 0) is 5.39 Å². The molecule has 1 aromatic heterocycles. The highest BCUT2D eigenvalue weighted by Gasteiger charge is 2.21. The predicted octanol–water partition coefficient (Wildman–Crippen LogP) is 1.58. The van der Waals surface area contributed by atoms with Crippen molar-refractivity contribution < 1.29 is 9.90 Å². The molecule has 2 rings (SSSR count). The van der Waals surface area contributed by atoms with Gasteiger partial charge in [-0.2, -0.15) is 0 Å². The number of fused-ring (bicyclic) bond motifs is 1. The largest absolute Gasteiger partial charge is 0.480 e. The molecule has 0 aliphatic heterocycles. The highest BCUT2D eigenvalue weighted by Crippen LogP contribution is 2.23. The van der Waals surface area contributed by atoms with E-state index < -0.39 is 12.0 Å². The van der Waals surface area contributed by atoms with E-state index in [4.69, 9.17) is 6.42 Å². The Morgan fingerprint density at radius 2 is 2.22 bits per heavy atom. The number of rotatable bonds is 4. The van der Waals surface area contributed by atoms with Crippen LogP contribution in [0.1, 0.15) is 11.6 Å². The third kappa shape index (κ3) is 2.31. The summed E-state index contributed by atoms with van der Waals surface area (Å²) in [4.78, 5) is 15.4. The highest BCUT2D eigenvalue weighted by molar-refractivity contribution is 5.89. The number of aromatic nitrogens is 1. The minimum absolute atomic E-state index is 0.195. The Morgan fingerprint density at radius 1 is 1.44 bits per heavy atom. The lowest BCUT2D eigenvalue weighted by atomic mass is 10.0. The fourth-order valence-electron chi connectivity index (χ4n) is 1.86. The second-order valence-corrected chi connectivity index (χ2v) is 3.81. The van der Waals surface area contributed by atoms with Crippen LogP contribution < -0.4 is 5.32 Å². The summed E-state index contributed by atoms with van der Waals surface area (Å²) in [6, 6.07) is 6.68. The van der Waals surface area contributed by atoms with E-state index in [2.05, 4.69) is 16.2 Å². The first-order valence-corrected chi connectivity index (χ1v) is 5.46. The van der Waals surface area contributed by atoms with Crippen molar-refractivity contribution in [1.82, 2.24) is 10.3 Å². The lowest BCUT2D eigenvalue weighted by molar-refractivity contribution is -0.139. The average molecular weight is 240 g/mol. The van der Waals surface area contributed by atoms with Gasteiger partial charge in [-0.25, -0.2) is 0 Å². The smallest absolute Gasteiger partial charge is 0.325 e. The topological polar surface area (TPSA) is 62.2 Å². The molecule has 0 aliphatic rings. The first-order chi connectivity index (χ1) is 8.74. The second kappa shape index (κ2) is 5.30. The van der Waals surface area contributed by atoms with Crippen LogP contribution in [-0.2, 0) is 4.79 Å². The molecule has 0 saturated carbocycles. The van der Waals surface area contributed by atoms with E-state index in [0.29, 0.717) is 5.56 Å². The van der Waals surface area contributed by atoms with Gasteiger partial charge in [0, 0.05) is 23.3 Å². The molecule has 0 radical (unpaired) electrons. The summed E-state index contributed by atoms with van der Waals surface area (Å²) < 4.78 is 0. The third-order valence-corrected chi connectivity index (χ3v) is 2.67. The van der Waals surface area contributed by atoms with E-state index in [1.54, 1.807) is 12.4 Å². The maximum atomic E-state index is 11.3. The van der Waals surface area contributed by atoms with Gasteiger partial charge in [-0.3, -0.25) is 15.1 Å². The van der Waals surface area contributed by atoms with Gasteiger partial charge in [-0.1, -0.05) is 30.2 Å². The number of carboxylic acids is 1. The highest BCUT2D eigenvalue weighted by atomic mass is 16.4. The van der Waals surface area contributed by atoms with Gasteiger partial charge in [-0.15, -0.1) is 6.42 Å². The first kappa shape index (κ1) is 12.1. The van der Waals surface area contributed by atoms with E-state index in [-0.39, 0.29) is 6.54 Å². The van der Waals surface area contributed by atoms with Crippen molar-refractivity contribution in [2.45, 2.75) is 6.04 Å². The van der Waals surface area contributed by atoms with E-state index in [9.17, 15) is 9.90 Å². The predicted molar refractivity (Wildman–Crippen MR) is 69.0 cm³/mol. The average Bonchev–Trinajstić information content (AvgIpc) is 2.39. The summed E-state index contributed by atoms with van der Waals surface area (Å²) in [5, 5.41) is 13.8. The van der Waals surface area contributed by atoms with Crippen LogP contribution >= 0.6 is 0 Å². The zero-order valence-electron chi connectivity index (χ0n) is 9.63. The Bertz CT molecular complexity index is 611. The molecule has 0 aliphatic carbocycles. The standard InChI is InChI=1S/C14H12N2O2/c1-2-7-16-13(14(17)18)12-9-15-8-10-5-3-4-6-11(10)12/h1,3-6,8-9,13,16H,7H2,(H,17,18). The van der Waals surface area contributed by atoms with Gasteiger partial charge in [0.1, 0.15) is 6.04 Å². The maximum Gasteiger partial charge on any atom is 0.325 e. The first-order valence-electron chi connectivity index (χ1n) is 5.46. The van der Waals surface area contributed by atoms with Gasteiger partial charge in [0.2, 0.25) is 0 Å². The molecule has 1 atom stereocenters. The lowest BCUT2D eigenvalue weighted by Gasteiger charge is -2.14. The Labute approximate surface area is 105 Å². The molecule has 2 aromatic rings. The van der Waals surface area contributed by atoms with Gasteiger partial charge in [0.05, 0.1) is 6.54 Å². The van der Waals surface area contributed by atoms with Crippen molar-refractivity contribution in [2.75, 3.05) is 6.54 Å². The quantitative estimate of drug-likeness (QED) is 0.796. The molecule has 4 heteroatoms. The number of pyridine rings is 1. The zero-order chi connectivity index (χ0) is 13.0. The van der Waals surface area contributed by atoms with Crippen molar-refractivity contribution in [3.8, 4) is 12.3 Å². The molecule has 2 N–H and O–H groups in total. The summed E-state index contributed by atoms with van der Waals surface area (Å²) >= 11 is 0. The lowest BCUT2D eigenvalue weighted by Crippen LogP contribution is -2.29.